The number of amides is 2. The van der Waals surface area contributed by atoms with Crippen molar-refractivity contribution in [2.24, 2.45) is 5.41 Å². The SMILES string of the molecule is CCCC/C=C/C=C/C(=O)SCCNC(=O)CCNC(=O)C(O)C(C)(C)COP(=O)(O)OP(=O)(O)OCC1OC(n2cnc3c(N)ncnc32)C(O)C1OP(=O)(O)O. The lowest BCUT2D eigenvalue weighted by Gasteiger charge is -2.30. The lowest BCUT2D eigenvalue weighted by atomic mass is 9.87. The molecule has 28 heteroatoms. The third-order valence-corrected chi connectivity index (χ3v) is 11.9. The fraction of sp³-hybridized carbons (Fsp3) is 0.600. The zero-order chi connectivity index (χ0) is 43.3. The second-order valence-electron chi connectivity index (χ2n) is 13.2. The molecule has 0 spiro atoms. The minimum atomic E-state index is -5.57. The molecule has 0 radical (unpaired) electrons. The number of nitrogens with two attached hydrogens (primary N) is 1. The summed E-state index contributed by atoms with van der Waals surface area (Å²) in [5.41, 5.74) is 4.26. The van der Waals surface area contributed by atoms with Crippen LogP contribution in [0.25, 0.3) is 11.2 Å². The Morgan fingerprint density at radius 3 is 2.47 bits per heavy atom. The van der Waals surface area contributed by atoms with Crippen LogP contribution in [0.3, 0.4) is 0 Å². The molecule has 7 unspecified atom stereocenters. The van der Waals surface area contributed by atoms with Crippen molar-refractivity contribution in [3.05, 3.63) is 37.0 Å². The summed E-state index contributed by atoms with van der Waals surface area (Å²) in [5, 5.41) is 26.2. The summed E-state index contributed by atoms with van der Waals surface area (Å²) >= 11 is 1.02. The number of allylic oxidation sites excluding steroid dienone is 3. The monoisotopic (exact) mass is 903 g/mol. The number of rotatable bonds is 24. The highest BCUT2D eigenvalue weighted by Gasteiger charge is 2.50. The molecular weight excluding hydrogens is 855 g/mol. The van der Waals surface area contributed by atoms with E-state index in [2.05, 4.69) is 41.3 Å². The van der Waals surface area contributed by atoms with E-state index >= 15 is 0 Å². The van der Waals surface area contributed by atoms with Gasteiger partial charge in [-0.15, -0.1) is 0 Å². The molecule has 2 aromatic heterocycles. The molecule has 1 fully saturated rings. The summed E-state index contributed by atoms with van der Waals surface area (Å²) in [4.78, 5) is 87.5. The molecule has 24 nitrogen and oxygen atoms in total. The molecule has 2 aromatic rings. The van der Waals surface area contributed by atoms with Crippen LogP contribution in [0.4, 0.5) is 5.82 Å². The van der Waals surface area contributed by atoms with Gasteiger partial charge in [-0.25, -0.2) is 28.6 Å². The van der Waals surface area contributed by atoms with Gasteiger partial charge in [-0.3, -0.25) is 32.5 Å². The molecule has 0 bridgehead atoms. The molecular formula is C30H48N7O17P3S. The van der Waals surface area contributed by atoms with Crippen LogP contribution in [-0.2, 0) is 50.7 Å². The Labute approximate surface area is 336 Å². The van der Waals surface area contributed by atoms with Gasteiger partial charge in [0.15, 0.2) is 17.7 Å². The van der Waals surface area contributed by atoms with E-state index < -0.39 is 84.6 Å². The number of carbonyl (C=O) groups excluding carboxylic acids is 3. The number of nitrogens with zero attached hydrogens (tertiary/aromatic N) is 4. The van der Waals surface area contributed by atoms with E-state index in [1.807, 2.05) is 6.08 Å². The van der Waals surface area contributed by atoms with Crippen molar-refractivity contribution in [1.29, 1.82) is 0 Å². The average molecular weight is 904 g/mol. The highest BCUT2D eigenvalue weighted by Crippen LogP contribution is 2.61. The number of aromatic nitrogens is 4. The normalized spacial score (nSPS) is 21.6. The number of hydrogen-bond acceptors (Lipinski definition) is 18. The van der Waals surface area contributed by atoms with Crippen molar-refractivity contribution in [3.63, 3.8) is 0 Å². The number of carbonyl (C=O) groups is 3. The van der Waals surface area contributed by atoms with Crippen LogP contribution in [0.15, 0.2) is 37.0 Å². The third-order valence-electron chi connectivity index (χ3n) is 7.95. The van der Waals surface area contributed by atoms with Crippen LogP contribution in [0, 0.1) is 5.41 Å². The second-order valence-corrected chi connectivity index (χ2v) is 18.5. The predicted molar refractivity (Wildman–Crippen MR) is 205 cm³/mol. The average Bonchev–Trinajstić information content (AvgIpc) is 3.69. The number of hydrogen-bond donors (Lipinski definition) is 9. The number of imidazole rings is 1. The molecule has 1 aliphatic heterocycles. The van der Waals surface area contributed by atoms with Gasteiger partial charge in [0.1, 0.15) is 36.3 Å². The van der Waals surface area contributed by atoms with Gasteiger partial charge < -0.3 is 50.9 Å². The summed E-state index contributed by atoms with van der Waals surface area (Å²) in [6, 6.07) is 0. The number of phosphoric ester groups is 3. The minimum absolute atomic E-state index is 0.0298. The Bertz CT molecular complexity index is 1930. The first-order valence-electron chi connectivity index (χ1n) is 17.4. The number of nitrogen functional groups attached to an aromatic ring is 1. The van der Waals surface area contributed by atoms with Gasteiger partial charge in [0.2, 0.25) is 16.9 Å². The largest absolute Gasteiger partial charge is 0.481 e. The van der Waals surface area contributed by atoms with E-state index in [0.717, 1.165) is 48.2 Å². The number of thioether (sulfide) groups is 1. The highest BCUT2D eigenvalue weighted by molar-refractivity contribution is 8.14. The van der Waals surface area contributed by atoms with Crippen molar-refractivity contribution in [2.45, 2.75) is 77.1 Å². The zero-order valence-electron chi connectivity index (χ0n) is 31.5. The van der Waals surface area contributed by atoms with Crippen molar-refractivity contribution < 1.29 is 80.5 Å². The maximum atomic E-state index is 12.7. The summed E-state index contributed by atoms with van der Waals surface area (Å²) in [6.45, 7) is 2.55. The Morgan fingerprint density at radius 1 is 1.07 bits per heavy atom. The Morgan fingerprint density at radius 2 is 1.78 bits per heavy atom. The van der Waals surface area contributed by atoms with Crippen LogP contribution >= 0.6 is 35.2 Å². The molecule has 326 valence electrons. The minimum Gasteiger partial charge on any atom is -0.386 e. The maximum Gasteiger partial charge on any atom is 0.481 e. The van der Waals surface area contributed by atoms with Gasteiger partial charge in [-0.05, 0) is 12.5 Å². The number of nitrogens with one attached hydrogen (secondary N) is 2. The van der Waals surface area contributed by atoms with Gasteiger partial charge >= 0.3 is 23.5 Å². The lowest BCUT2D eigenvalue weighted by molar-refractivity contribution is -0.137. The molecule has 1 aliphatic rings. The van der Waals surface area contributed by atoms with E-state index in [0.29, 0.717) is 5.75 Å². The van der Waals surface area contributed by atoms with E-state index in [1.54, 1.807) is 12.2 Å². The summed E-state index contributed by atoms with van der Waals surface area (Å²) < 4.78 is 62.1. The molecule has 2 amide bonds. The van der Waals surface area contributed by atoms with E-state index in [9.17, 15) is 57.9 Å². The molecule has 0 aliphatic carbocycles. The van der Waals surface area contributed by atoms with Crippen molar-refractivity contribution >= 4 is 69.1 Å². The van der Waals surface area contributed by atoms with Crippen LogP contribution in [-0.4, -0.2) is 123 Å². The van der Waals surface area contributed by atoms with Crippen LogP contribution < -0.4 is 16.4 Å². The number of ether oxygens (including phenoxy) is 1. The first kappa shape index (κ1) is 49.4. The quantitative estimate of drug-likeness (QED) is 0.0307. The molecule has 0 saturated carbocycles. The maximum absolute atomic E-state index is 12.7. The lowest BCUT2D eigenvalue weighted by Crippen LogP contribution is -2.46. The Kier molecular flexibility index (Phi) is 18.8. The number of fused-ring (bicyclic) bond motifs is 1. The van der Waals surface area contributed by atoms with Crippen molar-refractivity contribution in [1.82, 2.24) is 30.2 Å². The number of unbranched alkanes of at least 4 members (excludes halogenated alkanes) is 2. The summed E-state index contributed by atoms with van der Waals surface area (Å²) in [5.74, 6) is -1.15. The second kappa shape index (κ2) is 22.0. The molecule has 0 aromatic carbocycles. The number of anilines is 1. The number of aliphatic hydroxyl groups is 2. The van der Waals surface area contributed by atoms with E-state index in [4.69, 9.17) is 19.5 Å². The molecule has 58 heavy (non-hydrogen) atoms. The fourth-order valence-corrected chi connectivity index (χ4v) is 8.37. The molecule has 10 N–H and O–H groups in total. The topological polar surface area (TPSA) is 364 Å². The predicted octanol–water partition coefficient (Wildman–Crippen LogP) is 0.967. The Hall–Kier alpha value is -2.96. The van der Waals surface area contributed by atoms with Crippen molar-refractivity contribution in [3.8, 4) is 0 Å². The molecule has 1 saturated heterocycles. The van der Waals surface area contributed by atoms with Gasteiger partial charge in [0.05, 0.1) is 19.5 Å². The standard InChI is InChI=1S/C30H48N7O17P3S/c1-4-5-6-7-8-9-10-21(39)58-14-13-32-20(38)11-12-33-28(42)25(41)30(2,3)16-51-57(48,49)54-56(46,47)50-15-19-24(53-55(43,44)45)23(40)29(52-19)37-18-36-22-26(31)34-17-35-27(22)37/h7-10,17-19,23-25,29,40-41H,4-6,11-16H2,1-3H3,(H,32,38)(H,33,42)(H,46,47)(H,48,49)(H2,31,34,35)(H2,43,44,45)/b8-7+,10-9+. The summed E-state index contributed by atoms with van der Waals surface area (Å²) in [7, 11) is -16.4. The van der Waals surface area contributed by atoms with Crippen LogP contribution in [0.1, 0.15) is 52.7 Å². The zero-order valence-corrected chi connectivity index (χ0v) is 35.0. The molecule has 3 heterocycles. The molecule has 3 rings (SSSR count). The van der Waals surface area contributed by atoms with Crippen molar-refractivity contribution in [2.75, 3.05) is 37.8 Å². The smallest absolute Gasteiger partial charge is 0.386 e. The Balaban J connectivity index is 1.45. The van der Waals surface area contributed by atoms with Gasteiger partial charge in [-0.2, -0.15) is 4.31 Å². The van der Waals surface area contributed by atoms with Crippen LogP contribution in [0.2, 0.25) is 0 Å². The van der Waals surface area contributed by atoms with E-state index in [1.165, 1.54) is 19.9 Å². The van der Waals surface area contributed by atoms with E-state index in [-0.39, 0.29) is 41.6 Å². The highest BCUT2D eigenvalue weighted by atomic mass is 32.2. The summed E-state index contributed by atoms with van der Waals surface area (Å²) in [6.07, 6.45) is 3.00. The van der Waals surface area contributed by atoms with Gasteiger partial charge in [-0.1, -0.05) is 63.6 Å². The van der Waals surface area contributed by atoms with Gasteiger partial charge in [0, 0.05) is 30.7 Å². The first-order chi connectivity index (χ1) is 27.1. The fourth-order valence-electron chi connectivity index (χ4n) is 4.96. The van der Waals surface area contributed by atoms with Crippen LogP contribution in [0.5, 0.6) is 0 Å². The third kappa shape index (κ3) is 15.9. The van der Waals surface area contributed by atoms with Gasteiger partial charge in [0.25, 0.3) is 0 Å². The first-order valence-corrected chi connectivity index (χ1v) is 23.0. The number of phosphoric acid groups is 3. The molecule has 7 atom stereocenters. The number of aliphatic hydroxyl groups excluding tert-OH is 2.